The van der Waals surface area contributed by atoms with Gasteiger partial charge in [0.25, 0.3) is 0 Å². The van der Waals surface area contributed by atoms with Crippen LogP contribution in [0.2, 0.25) is 0 Å². The van der Waals surface area contributed by atoms with Crippen LogP contribution in [0.15, 0.2) is 0 Å². The van der Waals surface area contributed by atoms with E-state index in [-0.39, 0.29) is 20.1 Å². The van der Waals surface area contributed by atoms with E-state index in [2.05, 4.69) is 11.7 Å². The molecule has 0 amide bonds. The van der Waals surface area contributed by atoms with Crippen LogP contribution in [-0.2, 0) is 34.4 Å². The molecule has 0 saturated carbocycles. The van der Waals surface area contributed by atoms with Gasteiger partial charge >= 0.3 is 5.97 Å². The Bertz CT molecular complexity index is 87.5. The average Bonchev–Trinajstić information content (AvgIpc) is 1.27. The van der Waals surface area contributed by atoms with Crippen molar-refractivity contribution in [3.8, 4) is 0 Å². The second kappa shape index (κ2) is 4.81. The third-order valence-corrected chi connectivity index (χ3v) is 0.258. The number of hydrogen-bond acceptors (Lipinski definition) is 3. The van der Waals surface area contributed by atoms with E-state index in [1.54, 1.807) is 0 Å². The van der Waals surface area contributed by atoms with Crippen LogP contribution in [0.5, 0.6) is 0 Å². The largest absolute Gasteiger partial charge is 0.421 e. The van der Waals surface area contributed by atoms with E-state index < -0.39 is 11.9 Å². The number of esters is 2. The maximum atomic E-state index is 9.77. The molecule has 0 N–H and O–H groups in total. The van der Waals surface area contributed by atoms with Gasteiger partial charge in [-0.3, -0.25) is 16.5 Å². The van der Waals surface area contributed by atoms with Crippen molar-refractivity contribution in [2.24, 2.45) is 0 Å². The first-order valence-electron chi connectivity index (χ1n) is 1.67. The van der Waals surface area contributed by atoms with Crippen molar-refractivity contribution in [1.82, 2.24) is 0 Å². The summed E-state index contributed by atoms with van der Waals surface area (Å²) in [4.78, 5) is 19.5. The van der Waals surface area contributed by atoms with Gasteiger partial charge in [-0.25, -0.2) is 0 Å². The van der Waals surface area contributed by atoms with Gasteiger partial charge in [0.15, 0.2) is 5.97 Å². The predicted molar refractivity (Wildman–Crippen MR) is 22.1 cm³/mol. The fourth-order valence-corrected chi connectivity index (χ4v) is 0.160. The minimum atomic E-state index is -0.813. The molecule has 0 fully saturated rings. The summed E-state index contributed by atoms with van der Waals surface area (Å²) in [6.45, 7) is 3.94. The SMILES string of the molecule is [CH2-]C(=O)OC(C)=O.[Ir]. The monoisotopic (exact) mass is 294 g/mol. The average molecular weight is 293 g/mol. The molecule has 0 spiro atoms. The third-order valence-electron chi connectivity index (χ3n) is 0.258. The van der Waals surface area contributed by atoms with E-state index in [1.165, 1.54) is 0 Å². The molecule has 0 aliphatic rings. The van der Waals surface area contributed by atoms with Crippen molar-refractivity contribution in [3.05, 3.63) is 6.92 Å². The van der Waals surface area contributed by atoms with Crippen LogP contribution in [0.3, 0.4) is 0 Å². The first-order valence-corrected chi connectivity index (χ1v) is 1.67. The molecule has 0 aromatic rings. The van der Waals surface area contributed by atoms with Crippen molar-refractivity contribution >= 4 is 11.9 Å². The molecule has 4 heteroatoms. The standard InChI is InChI=1S/C4H5O3.Ir/c1-3(5)7-4(2)6;/h1H2,2H3;/q-1;. The maximum Gasteiger partial charge on any atom is 0.308 e. The Hall–Kier alpha value is -0.341. The zero-order valence-corrected chi connectivity index (χ0v) is 6.66. The van der Waals surface area contributed by atoms with Gasteiger partial charge in [-0.1, -0.05) is 0 Å². The van der Waals surface area contributed by atoms with Gasteiger partial charge < -0.3 is 4.74 Å². The van der Waals surface area contributed by atoms with Gasteiger partial charge in [0.2, 0.25) is 0 Å². The molecule has 0 unspecified atom stereocenters. The van der Waals surface area contributed by atoms with Crippen LogP contribution in [0.4, 0.5) is 0 Å². The number of carbonyl (C=O) groups is 2. The second-order valence-corrected chi connectivity index (χ2v) is 0.966. The Morgan fingerprint density at radius 2 is 1.88 bits per heavy atom. The first kappa shape index (κ1) is 10.6. The van der Waals surface area contributed by atoms with Gasteiger partial charge in [-0.15, -0.1) is 0 Å². The van der Waals surface area contributed by atoms with E-state index in [0.717, 1.165) is 6.92 Å². The van der Waals surface area contributed by atoms with Crippen molar-refractivity contribution < 1.29 is 34.4 Å². The third kappa shape index (κ3) is 9.18. The molecule has 0 saturated heterocycles. The number of ether oxygens (including phenoxy) is 1. The van der Waals surface area contributed by atoms with Crippen LogP contribution in [0, 0.1) is 6.92 Å². The molecular weight excluding hydrogens is 288 g/mol. The zero-order valence-electron chi connectivity index (χ0n) is 4.27. The Balaban J connectivity index is 0. The fraction of sp³-hybridized carbons (Fsp3) is 0.250. The normalized spacial score (nSPS) is 6.62. The van der Waals surface area contributed by atoms with Crippen LogP contribution in [0.1, 0.15) is 6.92 Å². The number of carbonyl (C=O) groups excluding carboxylic acids is 2. The summed E-state index contributed by atoms with van der Waals surface area (Å²) >= 11 is 0. The summed E-state index contributed by atoms with van der Waals surface area (Å²) in [6.07, 6.45) is 0. The van der Waals surface area contributed by atoms with Gasteiger partial charge in [0, 0.05) is 27.0 Å². The quantitative estimate of drug-likeness (QED) is 0.356. The summed E-state index contributed by atoms with van der Waals surface area (Å²) in [5, 5.41) is 0. The summed E-state index contributed by atoms with van der Waals surface area (Å²) < 4.78 is 3.86. The number of hydrogen-bond donors (Lipinski definition) is 0. The molecule has 0 aromatic carbocycles. The van der Waals surface area contributed by atoms with Crippen molar-refractivity contribution in [3.63, 3.8) is 0 Å². The molecule has 0 aromatic heterocycles. The molecule has 8 heavy (non-hydrogen) atoms. The first-order chi connectivity index (χ1) is 3.13. The molecule has 3 nitrogen and oxygen atoms in total. The zero-order chi connectivity index (χ0) is 5.86. The Morgan fingerprint density at radius 3 is 1.88 bits per heavy atom. The summed E-state index contributed by atoms with van der Waals surface area (Å²) in [5.41, 5.74) is 0. The summed E-state index contributed by atoms with van der Waals surface area (Å²) in [5.74, 6) is -1.44. The van der Waals surface area contributed by atoms with E-state index in [9.17, 15) is 9.59 Å². The fourth-order valence-electron chi connectivity index (χ4n) is 0.160. The van der Waals surface area contributed by atoms with Crippen molar-refractivity contribution in [2.75, 3.05) is 0 Å². The molecular formula is C4H5IrO3-. The molecule has 0 atom stereocenters. The molecule has 0 rings (SSSR count). The van der Waals surface area contributed by atoms with E-state index in [4.69, 9.17) is 0 Å². The van der Waals surface area contributed by atoms with Crippen LogP contribution >= 0.6 is 0 Å². The summed E-state index contributed by atoms with van der Waals surface area (Å²) in [6, 6.07) is 0. The Labute approximate surface area is 60.7 Å². The van der Waals surface area contributed by atoms with Crippen molar-refractivity contribution in [2.45, 2.75) is 6.92 Å². The minimum absolute atomic E-state index is 0. The van der Waals surface area contributed by atoms with Crippen LogP contribution < -0.4 is 0 Å². The van der Waals surface area contributed by atoms with Crippen LogP contribution in [0.25, 0.3) is 0 Å². The van der Waals surface area contributed by atoms with Gasteiger partial charge in [0.1, 0.15) is 0 Å². The predicted octanol–water partition coefficient (Wildman–Crippen LogP) is -0.0923. The molecule has 0 aliphatic carbocycles. The molecule has 0 aliphatic heterocycles. The Morgan fingerprint density at radius 1 is 1.50 bits per heavy atom. The molecule has 49 valence electrons. The Kier molecular flexibility index (Phi) is 6.38. The second-order valence-electron chi connectivity index (χ2n) is 0.966. The van der Waals surface area contributed by atoms with Crippen LogP contribution in [-0.4, -0.2) is 11.9 Å². The van der Waals surface area contributed by atoms with E-state index >= 15 is 0 Å². The van der Waals surface area contributed by atoms with E-state index in [0.29, 0.717) is 0 Å². The molecule has 0 heterocycles. The molecule has 1 radical (unpaired) electrons. The smallest absolute Gasteiger partial charge is 0.308 e. The maximum absolute atomic E-state index is 9.77. The topological polar surface area (TPSA) is 43.4 Å². The van der Waals surface area contributed by atoms with Gasteiger partial charge in [-0.2, -0.15) is 0 Å². The summed E-state index contributed by atoms with van der Waals surface area (Å²) in [7, 11) is 0. The molecule has 0 bridgehead atoms. The minimum Gasteiger partial charge on any atom is -0.421 e. The number of rotatable bonds is 0. The van der Waals surface area contributed by atoms with Crippen molar-refractivity contribution in [1.29, 1.82) is 0 Å². The van der Waals surface area contributed by atoms with Gasteiger partial charge in [0.05, 0.1) is 0 Å². The van der Waals surface area contributed by atoms with Gasteiger partial charge in [-0.05, 0) is 0 Å². The van der Waals surface area contributed by atoms with E-state index in [1.807, 2.05) is 0 Å².